The molecule has 1 aromatic heterocycles. The van der Waals surface area contributed by atoms with Gasteiger partial charge in [-0.25, -0.2) is 4.98 Å². The second-order valence-electron chi connectivity index (χ2n) is 6.25. The first-order valence-corrected chi connectivity index (χ1v) is 9.12. The minimum absolute atomic E-state index is 0.0320. The molecule has 0 saturated carbocycles. The molecule has 0 unspecified atom stereocenters. The lowest BCUT2D eigenvalue weighted by molar-refractivity contribution is -0.115. The van der Waals surface area contributed by atoms with Crippen LogP contribution < -0.4 is 5.32 Å². The molecule has 1 aliphatic heterocycles. The molecule has 5 nitrogen and oxygen atoms in total. The van der Waals surface area contributed by atoms with Gasteiger partial charge in [-0.2, -0.15) is 0 Å². The number of carbonyl (C=O) groups is 1. The van der Waals surface area contributed by atoms with Crippen LogP contribution in [0.2, 0.25) is 0 Å². The fourth-order valence-electron chi connectivity index (χ4n) is 2.77. The van der Waals surface area contributed by atoms with E-state index in [1.54, 1.807) is 11.3 Å². The summed E-state index contributed by atoms with van der Waals surface area (Å²) in [4.78, 5) is 19.1. The number of nitrogens with zero attached hydrogens (tertiary/aromatic N) is 2. The maximum absolute atomic E-state index is 12.1. The largest absolute Gasteiger partial charge is 0.376 e. The maximum Gasteiger partial charge on any atom is 0.231 e. The zero-order valence-corrected chi connectivity index (χ0v) is 14.9. The van der Waals surface area contributed by atoms with Crippen LogP contribution in [0.25, 0.3) is 0 Å². The molecule has 0 aliphatic carbocycles. The summed E-state index contributed by atoms with van der Waals surface area (Å²) in [6, 6.07) is 9.89. The van der Waals surface area contributed by atoms with Gasteiger partial charge in [0.15, 0.2) is 0 Å². The molecule has 1 saturated heterocycles. The van der Waals surface area contributed by atoms with Gasteiger partial charge in [-0.15, -0.1) is 11.3 Å². The summed E-state index contributed by atoms with van der Waals surface area (Å²) >= 11 is 1.55. The quantitative estimate of drug-likeness (QED) is 0.905. The highest BCUT2D eigenvalue weighted by Crippen LogP contribution is 2.18. The van der Waals surface area contributed by atoms with Crippen molar-refractivity contribution in [2.75, 3.05) is 18.5 Å². The molecule has 2 aromatic rings. The van der Waals surface area contributed by atoms with Crippen molar-refractivity contribution >= 4 is 22.9 Å². The molecule has 3 rings (SSSR count). The monoisotopic (exact) mass is 345 g/mol. The summed E-state index contributed by atoms with van der Waals surface area (Å²) in [5, 5.41) is 5.80. The van der Waals surface area contributed by atoms with Gasteiger partial charge in [-0.3, -0.25) is 9.69 Å². The second-order valence-corrected chi connectivity index (χ2v) is 7.19. The molecule has 1 aromatic carbocycles. The lowest BCUT2D eigenvalue weighted by Crippen LogP contribution is -2.46. The van der Waals surface area contributed by atoms with E-state index < -0.39 is 0 Å². The Balaban J connectivity index is 1.54. The summed E-state index contributed by atoms with van der Waals surface area (Å²) in [6.45, 7) is 6.76. The molecule has 0 bridgehead atoms. The van der Waals surface area contributed by atoms with Crippen LogP contribution in [0.1, 0.15) is 24.5 Å². The standard InChI is InChI=1S/C18H23N3O2S/c1-13-11-23-14(2)9-21(13)10-16-12-24-18(20-16)8-17(22)19-15-6-4-3-5-7-15/h3-7,12-14H,8-11H2,1-2H3,(H,19,22)/t13-,14+/m0/s1. The van der Waals surface area contributed by atoms with Crippen LogP contribution in [-0.2, 0) is 22.5 Å². The predicted molar refractivity (Wildman–Crippen MR) is 96.2 cm³/mol. The predicted octanol–water partition coefficient (Wildman–Crippen LogP) is 2.93. The van der Waals surface area contributed by atoms with E-state index in [2.05, 4.69) is 34.4 Å². The number of hydrogen-bond donors (Lipinski definition) is 1. The van der Waals surface area contributed by atoms with Crippen LogP contribution in [-0.4, -0.2) is 41.1 Å². The number of aromatic nitrogens is 1. The molecule has 2 heterocycles. The SMILES string of the molecule is C[C@@H]1CN(Cc2csc(CC(=O)Nc3ccccc3)n2)[C@@H](C)CO1. The molecule has 6 heteroatoms. The van der Waals surface area contributed by atoms with Crippen LogP contribution in [0.4, 0.5) is 5.69 Å². The van der Waals surface area contributed by atoms with Crippen molar-refractivity contribution in [2.24, 2.45) is 0 Å². The number of amides is 1. The molecule has 1 fully saturated rings. The Hall–Kier alpha value is -1.76. The van der Waals surface area contributed by atoms with Crippen molar-refractivity contribution in [2.45, 2.75) is 39.0 Å². The van der Waals surface area contributed by atoms with Gasteiger partial charge < -0.3 is 10.1 Å². The number of hydrogen-bond acceptors (Lipinski definition) is 5. The smallest absolute Gasteiger partial charge is 0.231 e. The Morgan fingerprint density at radius 3 is 2.96 bits per heavy atom. The van der Waals surface area contributed by atoms with Crippen LogP contribution in [0, 0.1) is 0 Å². The van der Waals surface area contributed by atoms with E-state index in [0.717, 1.165) is 36.1 Å². The molecule has 24 heavy (non-hydrogen) atoms. The molecule has 1 amide bonds. The Labute approximate surface area is 146 Å². The normalized spacial score (nSPS) is 21.6. The highest BCUT2D eigenvalue weighted by Gasteiger charge is 2.24. The van der Waals surface area contributed by atoms with Gasteiger partial charge in [0.1, 0.15) is 5.01 Å². The van der Waals surface area contributed by atoms with E-state index >= 15 is 0 Å². The van der Waals surface area contributed by atoms with E-state index in [4.69, 9.17) is 4.74 Å². The van der Waals surface area contributed by atoms with Crippen molar-refractivity contribution in [3.05, 3.63) is 46.4 Å². The fourth-order valence-corrected chi connectivity index (χ4v) is 3.55. The first kappa shape index (κ1) is 17.1. The minimum Gasteiger partial charge on any atom is -0.376 e. The summed E-state index contributed by atoms with van der Waals surface area (Å²) in [5.74, 6) is -0.0320. The molecule has 2 atom stereocenters. The van der Waals surface area contributed by atoms with Crippen LogP contribution in [0.15, 0.2) is 35.7 Å². The third-order valence-electron chi connectivity index (χ3n) is 4.07. The summed E-state index contributed by atoms with van der Waals surface area (Å²) in [5.41, 5.74) is 1.85. The Bertz CT molecular complexity index is 674. The van der Waals surface area contributed by atoms with Crippen molar-refractivity contribution in [1.82, 2.24) is 9.88 Å². The van der Waals surface area contributed by atoms with Crippen molar-refractivity contribution in [1.29, 1.82) is 0 Å². The van der Waals surface area contributed by atoms with E-state index in [1.807, 2.05) is 30.3 Å². The zero-order valence-electron chi connectivity index (χ0n) is 14.1. The molecule has 0 radical (unpaired) electrons. The Kier molecular flexibility index (Phi) is 5.60. The van der Waals surface area contributed by atoms with Gasteiger partial charge in [0.05, 0.1) is 24.8 Å². The fraction of sp³-hybridized carbons (Fsp3) is 0.444. The number of anilines is 1. The highest BCUT2D eigenvalue weighted by molar-refractivity contribution is 7.09. The number of morpholine rings is 1. The van der Waals surface area contributed by atoms with Crippen molar-refractivity contribution in [3.63, 3.8) is 0 Å². The van der Waals surface area contributed by atoms with E-state index in [9.17, 15) is 4.79 Å². The number of benzene rings is 1. The molecule has 128 valence electrons. The van der Waals surface area contributed by atoms with Crippen LogP contribution in [0.3, 0.4) is 0 Å². The number of para-hydroxylation sites is 1. The topological polar surface area (TPSA) is 54.5 Å². The molecule has 0 spiro atoms. The second kappa shape index (κ2) is 7.88. The highest BCUT2D eigenvalue weighted by atomic mass is 32.1. The number of thiazole rings is 1. The number of carbonyl (C=O) groups excluding carboxylic acids is 1. The van der Waals surface area contributed by atoms with E-state index in [0.29, 0.717) is 12.5 Å². The van der Waals surface area contributed by atoms with Gasteiger partial charge in [0.25, 0.3) is 0 Å². The first-order chi connectivity index (χ1) is 11.6. The van der Waals surface area contributed by atoms with Crippen molar-refractivity contribution in [3.8, 4) is 0 Å². The third-order valence-corrected chi connectivity index (χ3v) is 4.97. The Morgan fingerprint density at radius 2 is 2.17 bits per heavy atom. The van der Waals surface area contributed by atoms with Gasteiger partial charge in [0.2, 0.25) is 5.91 Å². The van der Waals surface area contributed by atoms with E-state index in [1.165, 1.54) is 0 Å². The third kappa shape index (κ3) is 4.63. The molecular weight excluding hydrogens is 322 g/mol. The first-order valence-electron chi connectivity index (χ1n) is 8.24. The van der Waals surface area contributed by atoms with Gasteiger partial charge in [-0.1, -0.05) is 18.2 Å². The average Bonchev–Trinajstić information content (AvgIpc) is 2.99. The van der Waals surface area contributed by atoms with Gasteiger partial charge in [-0.05, 0) is 26.0 Å². The summed E-state index contributed by atoms with van der Waals surface area (Å²) in [6.07, 6.45) is 0.574. The van der Waals surface area contributed by atoms with Gasteiger partial charge >= 0.3 is 0 Å². The zero-order chi connectivity index (χ0) is 16.9. The molecule has 1 aliphatic rings. The minimum atomic E-state index is -0.0320. The molecule has 1 N–H and O–H groups in total. The van der Waals surface area contributed by atoms with E-state index in [-0.39, 0.29) is 12.0 Å². The lowest BCUT2D eigenvalue weighted by atomic mass is 10.2. The summed E-state index contributed by atoms with van der Waals surface area (Å²) in [7, 11) is 0. The number of nitrogens with one attached hydrogen (secondary N) is 1. The number of ether oxygens (including phenoxy) is 1. The Morgan fingerprint density at radius 1 is 1.38 bits per heavy atom. The number of rotatable bonds is 5. The van der Waals surface area contributed by atoms with Crippen LogP contribution >= 0.6 is 11.3 Å². The molecular formula is C18H23N3O2S. The average molecular weight is 345 g/mol. The van der Waals surface area contributed by atoms with Crippen LogP contribution in [0.5, 0.6) is 0 Å². The maximum atomic E-state index is 12.1. The van der Waals surface area contributed by atoms with Gasteiger partial charge in [0, 0.05) is 30.2 Å². The van der Waals surface area contributed by atoms with Crippen molar-refractivity contribution < 1.29 is 9.53 Å². The summed E-state index contributed by atoms with van der Waals surface area (Å²) < 4.78 is 5.66. The lowest BCUT2D eigenvalue weighted by Gasteiger charge is -2.36.